The van der Waals surface area contributed by atoms with E-state index in [-0.39, 0.29) is 17.5 Å². The molecule has 1 amide bonds. The first-order valence-corrected chi connectivity index (χ1v) is 7.49. The molecule has 1 saturated heterocycles. The van der Waals surface area contributed by atoms with Gasteiger partial charge in [0, 0.05) is 30.7 Å². The number of halogens is 3. The fraction of sp³-hybridized carbons (Fsp3) is 0.562. The number of likely N-dealkylation sites (tertiary alicyclic amines) is 1. The smallest absolute Gasteiger partial charge is 0.349 e. The maximum absolute atomic E-state index is 12.5. The third-order valence-corrected chi connectivity index (χ3v) is 4.07. The number of carbonyl (C=O) groups is 1. The zero-order chi connectivity index (χ0) is 16.3. The zero-order valence-corrected chi connectivity index (χ0v) is 12.8. The number of amides is 1. The molecule has 0 unspecified atom stereocenters. The van der Waals surface area contributed by atoms with Crippen LogP contribution in [-0.2, 0) is 6.18 Å². The summed E-state index contributed by atoms with van der Waals surface area (Å²) < 4.78 is 37.5. The van der Waals surface area contributed by atoms with Crippen LogP contribution in [0.5, 0.6) is 0 Å². The van der Waals surface area contributed by atoms with E-state index in [4.69, 9.17) is 0 Å². The van der Waals surface area contributed by atoms with Crippen LogP contribution in [0.15, 0.2) is 24.3 Å². The highest BCUT2D eigenvalue weighted by molar-refractivity contribution is 5.94. The highest BCUT2D eigenvalue weighted by Gasteiger charge is 2.30. The molecule has 0 bridgehead atoms. The van der Waals surface area contributed by atoms with Crippen molar-refractivity contribution in [1.82, 2.24) is 10.2 Å². The summed E-state index contributed by atoms with van der Waals surface area (Å²) in [5, 5.41) is 2.91. The first-order valence-electron chi connectivity index (χ1n) is 7.49. The molecule has 0 spiro atoms. The number of piperidine rings is 1. The van der Waals surface area contributed by atoms with E-state index in [1.165, 1.54) is 12.1 Å². The average molecular weight is 314 g/mol. The Morgan fingerprint density at radius 1 is 1.18 bits per heavy atom. The van der Waals surface area contributed by atoms with Gasteiger partial charge in [-0.25, -0.2) is 0 Å². The number of alkyl halides is 3. The molecule has 1 aromatic rings. The lowest BCUT2D eigenvalue weighted by atomic mass is 10.0. The minimum Gasteiger partial charge on any atom is -0.349 e. The standard InChI is InChI=1S/C16H21F3N2O/c1-11(2)21-9-7-14(8-10-21)20-15(22)12-3-5-13(6-4-12)16(17,18)19/h3-6,11,14H,7-10H2,1-2H3,(H,20,22). The van der Waals surface area contributed by atoms with E-state index in [1.807, 2.05) is 0 Å². The van der Waals surface area contributed by atoms with Crippen molar-refractivity contribution in [2.75, 3.05) is 13.1 Å². The number of nitrogens with zero attached hydrogens (tertiary/aromatic N) is 1. The van der Waals surface area contributed by atoms with Gasteiger partial charge in [-0.15, -0.1) is 0 Å². The maximum Gasteiger partial charge on any atom is 0.416 e. The number of rotatable bonds is 3. The van der Waals surface area contributed by atoms with Crippen LogP contribution in [0.1, 0.15) is 42.6 Å². The van der Waals surface area contributed by atoms with Crippen LogP contribution in [0.25, 0.3) is 0 Å². The van der Waals surface area contributed by atoms with Crippen molar-refractivity contribution >= 4 is 5.91 Å². The van der Waals surface area contributed by atoms with Gasteiger partial charge in [0.1, 0.15) is 0 Å². The lowest BCUT2D eigenvalue weighted by Gasteiger charge is -2.34. The number of nitrogens with one attached hydrogen (secondary N) is 1. The number of carbonyl (C=O) groups excluding carboxylic acids is 1. The van der Waals surface area contributed by atoms with Crippen LogP contribution in [0, 0.1) is 0 Å². The molecule has 1 aromatic carbocycles. The van der Waals surface area contributed by atoms with Crippen molar-refractivity contribution in [2.45, 2.75) is 44.9 Å². The molecule has 0 saturated carbocycles. The SMILES string of the molecule is CC(C)N1CCC(NC(=O)c2ccc(C(F)(F)F)cc2)CC1. The van der Waals surface area contributed by atoms with Gasteiger partial charge in [-0.1, -0.05) is 0 Å². The second-order valence-corrected chi connectivity index (χ2v) is 5.95. The largest absolute Gasteiger partial charge is 0.416 e. The topological polar surface area (TPSA) is 32.3 Å². The Balaban J connectivity index is 1.90. The molecule has 6 heteroatoms. The number of hydrogen-bond acceptors (Lipinski definition) is 2. The summed E-state index contributed by atoms with van der Waals surface area (Å²) in [7, 11) is 0. The van der Waals surface area contributed by atoms with Gasteiger partial charge in [-0.2, -0.15) is 13.2 Å². The van der Waals surface area contributed by atoms with Crippen molar-refractivity contribution in [3.05, 3.63) is 35.4 Å². The van der Waals surface area contributed by atoms with E-state index in [0.29, 0.717) is 6.04 Å². The summed E-state index contributed by atoms with van der Waals surface area (Å²) in [4.78, 5) is 14.4. The van der Waals surface area contributed by atoms with Crippen LogP contribution >= 0.6 is 0 Å². The fourth-order valence-electron chi connectivity index (χ4n) is 2.64. The Labute approximate surface area is 128 Å². The molecule has 1 heterocycles. The van der Waals surface area contributed by atoms with Gasteiger partial charge in [-0.3, -0.25) is 4.79 Å². The van der Waals surface area contributed by atoms with E-state index in [0.717, 1.165) is 38.1 Å². The van der Waals surface area contributed by atoms with E-state index in [1.54, 1.807) is 0 Å². The van der Waals surface area contributed by atoms with Crippen molar-refractivity contribution in [3.63, 3.8) is 0 Å². The van der Waals surface area contributed by atoms with Gasteiger partial charge >= 0.3 is 6.18 Å². The van der Waals surface area contributed by atoms with E-state index in [2.05, 4.69) is 24.1 Å². The number of hydrogen-bond donors (Lipinski definition) is 1. The quantitative estimate of drug-likeness (QED) is 0.928. The van der Waals surface area contributed by atoms with Crippen LogP contribution in [-0.4, -0.2) is 36.0 Å². The average Bonchev–Trinajstić information content (AvgIpc) is 2.47. The minimum atomic E-state index is -4.38. The van der Waals surface area contributed by atoms with Crippen LogP contribution < -0.4 is 5.32 Å². The molecule has 1 N–H and O–H groups in total. The highest BCUT2D eigenvalue weighted by atomic mass is 19.4. The van der Waals surface area contributed by atoms with Gasteiger partial charge in [-0.05, 0) is 51.0 Å². The molecule has 22 heavy (non-hydrogen) atoms. The molecule has 1 aliphatic rings. The van der Waals surface area contributed by atoms with E-state index >= 15 is 0 Å². The molecule has 122 valence electrons. The molecule has 0 aromatic heterocycles. The third kappa shape index (κ3) is 4.22. The normalized spacial score (nSPS) is 17.7. The first kappa shape index (κ1) is 16.8. The summed E-state index contributed by atoms with van der Waals surface area (Å²) in [5.74, 6) is -0.309. The van der Waals surface area contributed by atoms with Crippen LogP contribution in [0.4, 0.5) is 13.2 Å². The third-order valence-electron chi connectivity index (χ3n) is 4.07. The van der Waals surface area contributed by atoms with Crippen molar-refractivity contribution < 1.29 is 18.0 Å². The van der Waals surface area contributed by atoms with E-state index < -0.39 is 11.7 Å². The Morgan fingerprint density at radius 2 is 1.73 bits per heavy atom. The summed E-state index contributed by atoms with van der Waals surface area (Å²) in [6, 6.07) is 4.91. The molecular formula is C16H21F3N2O. The van der Waals surface area contributed by atoms with Gasteiger partial charge < -0.3 is 10.2 Å². The highest BCUT2D eigenvalue weighted by Crippen LogP contribution is 2.29. The van der Waals surface area contributed by atoms with Crippen molar-refractivity contribution in [2.24, 2.45) is 0 Å². The molecule has 0 aliphatic carbocycles. The van der Waals surface area contributed by atoms with Gasteiger partial charge in [0.05, 0.1) is 5.56 Å². The fourth-order valence-corrected chi connectivity index (χ4v) is 2.64. The molecule has 1 aliphatic heterocycles. The lowest BCUT2D eigenvalue weighted by Crippen LogP contribution is -2.46. The summed E-state index contributed by atoms with van der Waals surface area (Å²) in [6.45, 7) is 6.13. The van der Waals surface area contributed by atoms with Crippen LogP contribution in [0.2, 0.25) is 0 Å². The Bertz CT molecular complexity index is 503. The maximum atomic E-state index is 12.5. The molecule has 2 rings (SSSR count). The van der Waals surface area contributed by atoms with E-state index in [9.17, 15) is 18.0 Å². The zero-order valence-electron chi connectivity index (χ0n) is 12.8. The summed E-state index contributed by atoms with van der Waals surface area (Å²) in [6.07, 6.45) is -2.65. The molecule has 1 fully saturated rings. The summed E-state index contributed by atoms with van der Waals surface area (Å²) >= 11 is 0. The molecular weight excluding hydrogens is 293 g/mol. The van der Waals surface area contributed by atoms with Gasteiger partial charge in [0.25, 0.3) is 5.91 Å². The first-order chi connectivity index (χ1) is 10.3. The van der Waals surface area contributed by atoms with Gasteiger partial charge in [0.15, 0.2) is 0 Å². The molecule has 3 nitrogen and oxygen atoms in total. The van der Waals surface area contributed by atoms with Crippen LogP contribution in [0.3, 0.4) is 0 Å². The molecule has 0 atom stereocenters. The predicted molar refractivity (Wildman–Crippen MR) is 78.6 cm³/mol. The number of benzene rings is 1. The monoisotopic (exact) mass is 314 g/mol. The van der Waals surface area contributed by atoms with Crippen molar-refractivity contribution in [3.8, 4) is 0 Å². The Morgan fingerprint density at radius 3 is 2.18 bits per heavy atom. The predicted octanol–water partition coefficient (Wildman–Crippen LogP) is 3.31. The molecule has 0 radical (unpaired) electrons. The second kappa shape index (κ2) is 6.69. The minimum absolute atomic E-state index is 0.0878. The second-order valence-electron chi connectivity index (χ2n) is 5.95. The Kier molecular flexibility index (Phi) is 5.11. The lowest BCUT2D eigenvalue weighted by molar-refractivity contribution is -0.137. The van der Waals surface area contributed by atoms with Gasteiger partial charge in [0.2, 0.25) is 0 Å². The summed E-state index contributed by atoms with van der Waals surface area (Å²) in [5.41, 5.74) is -0.478. The van der Waals surface area contributed by atoms with Crippen molar-refractivity contribution in [1.29, 1.82) is 0 Å². The Hall–Kier alpha value is -1.56.